The number of carbonyl (C=O) groups is 2. The van der Waals surface area contributed by atoms with E-state index in [1.54, 1.807) is 13.8 Å². The highest BCUT2D eigenvalue weighted by Crippen LogP contribution is 2.51. The Bertz CT molecular complexity index is 783. The Morgan fingerprint density at radius 1 is 1.25 bits per heavy atom. The highest BCUT2D eigenvalue weighted by Gasteiger charge is 2.47. The normalized spacial score (nSPS) is 26.2. The van der Waals surface area contributed by atoms with Gasteiger partial charge in [-0.2, -0.15) is 0 Å². The van der Waals surface area contributed by atoms with Gasteiger partial charge in [-0.25, -0.2) is 9.59 Å². The van der Waals surface area contributed by atoms with Gasteiger partial charge in [-0.1, -0.05) is 42.5 Å². The molecular formula is C23H29NO4. The van der Waals surface area contributed by atoms with E-state index in [0.717, 1.165) is 31.2 Å². The number of nitrogens with zero attached hydrogens (tertiary/aromatic N) is 1. The van der Waals surface area contributed by atoms with E-state index in [9.17, 15) is 14.7 Å². The molecule has 1 amide bonds. The van der Waals surface area contributed by atoms with E-state index in [1.165, 1.54) is 4.90 Å². The van der Waals surface area contributed by atoms with Crippen LogP contribution in [0.3, 0.4) is 0 Å². The molecule has 0 aromatic heterocycles. The molecule has 1 N–H and O–H groups in total. The van der Waals surface area contributed by atoms with Crippen LogP contribution in [-0.4, -0.2) is 35.2 Å². The minimum absolute atomic E-state index is 0.0827. The van der Waals surface area contributed by atoms with Gasteiger partial charge < -0.3 is 9.84 Å². The van der Waals surface area contributed by atoms with Gasteiger partial charge in [0.15, 0.2) is 0 Å². The van der Waals surface area contributed by atoms with Crippen molar-refractivity contribution < 1.29 is 19.4 Å². The van der Waals surface area contributed by atoms with Crippen LogP contribution in [0.1, 0.15) is 45.1 Å². The van der Waals surface area contributed by atoms with Crippen LogP contribution in [0.15, 0.2) is 53.8 Å². The van der Waals surface area contributed by atoms with Crippen LogP contribution in [0.5, 0.6) is 0 Å². The summed E-state index contributed by atoms with van der Waals surface area (Å²) in [6.45, 7) is 4.13. The molecule has 1 heterocycles. The standard InChI is InChI=1S/C23H29NO4/c1-3-28-21(25)17(2)20-19(16-18-10-6-4-7-11-18)23(12-8-5-9-13-23)14-15-24(20)22(26)27/h4,6-8,10-12,19H,3,5,9,13-16H2,1-2H3,(H,26,27)/b20-17+. The number of rotatable bonds is 4. The Kier molecular flexibility index (Phi) is 6.22. The first-order valence-corrected chi connectivity index (χ1v) is 10.1. The molecule has 5 heteroatoms. The summed E-state index contributed by atoms with van der Waals surface area (Å²) < 4.78 is 5.22. The van der Waals surface area contributed by atoms with Gasteiger partial charge in [0, 0.05) is 18.2 Å². The summed E-state index contributed by atoms with van der Waals surface area (Å²) in [5, 5.41) is 9.86. The summed E-state index contributed by atoms with van der Waals surface area (Å²) in [6.07, 6.45) is 8.10. The molecule has 2 aliphatic rings. The summed E-state index contributed by atoms with van der Waals surface area (Å²) in [5.41, 5.74) is 2.03. The molecule has 2 unspecified atom stereocenters. The molecular weight excluding hydrogens is 354 g/mol. The van der Waals surface area contributed by atoms with Crippen LogP contribution in [-0.2, 0) is 16.0 Å². The molecule has 1 spiro atoms. The van der Waals surface area contributed by atoms with E-state index in [2.05, 4.69) is 24.3 Å². The molecule has 0 saturated carbocycles. The summed E-state index contributed by atoms with van der Waals surface area (Å²) in [6, 6.07) is 10.1. The van der Waals surface area contributed by atoms with Gasteiger partial charge in [-0.3, -0.25) is 4.90 Å². The number of carboxylic acid groups (broad SMARTS) is 1. The molecule has 2 atom stereocenters. The molecule has 0 radical (unpaired) electrons. The third-order valence-corrected chi connectivity index (χ3v) is 6.06. The van der Waals surface area contributed by atoms with Gasteiger partial charge in [0.1, 0.15) is 0 Å². The van der Waals surface area contributed by atoms with E-state index in [1.807, 2.05) is 18.2 Å². The number of ether oxygens (including phenoxy) is 1. The number of hydrogen-bond acceptors (Lipinski definition) is 3. The second-order valence-electron chi connectivity index (χ2n) is 7.68. The van der Waals surface area contributed by atoms with Crippen molar-refractivity contribution in [1.29, 1.82) is 0 Å². The number of carbonyl (C=O) groups excluding carboxylic acids is 1. The Morgan fingerprint density at radius 3 is 2.61 bits per heavy atom. The molecule has 5 nitrogen and oxygen atoms in total. The minimum Gasteiger partial charge on any atom is -0.465 e. The molecule has 0 bridgehead atoms. The van der Waals surface area contributed by atoms with Crippen LogP contribution in [0.4, 0.5) is 4.79 Å². The molecule has 28 heavy (non-hydrogen) atoms. The summed E-state index contributed by atoms with van der Waals surface area (Å²) >= 11 is 0. The van der Waals surface area contributed by atoms with Crippen LogP contribution in [0, 0.1) is 11.3 Å². The van der Waals surface area contributed by atoms with Crippen LogP contribution < -0.4 is 0 Å². The highest BCUT2D eigenvalue weighted by molar-refractivity contribution is 5.89. The first-order chi connectivity index (χ1) is 13.5. The monoisotopic (exact) mass is 383 g/mol. The van der Waals surface area contributed by atoms with E-state index in [4.69, 9.17) is 4.74 Å². The largest absolute Gasteiger partial charge is 0.465 e. The van der Waals surface area contributed by atoms with Crippen LogP contribution in [0.2, 0.25) is 0 Å². The topological polar surface area (TPSA) is 66.8 Å². The van der Waals surface area contributed by atoms with Crippen molar-refractivity contribution in [3.05, 3.63) is 59.3 Å². The van der Waals surface area contributed by atoms with Gasteiger partial charge in [-0.05, 0) is 56.9 Å². The van der Waals surface area contributed by atoms with E-state index >= 15 is 0 Å². The lowest BCUT2D eigenvalue weighted by molar-refractivity contribution is -0.138. The maximum Gasteiger partial charge on any atom is 0.411 e. The van der Waals surface area contributed by atoms with Crippen molar-refractivity contribution in [3.63, 3.8) is 0 Å². The Balaban J connectivity index is 2.12. The smallest absolute Gasteiger partial charge is 0.411 e. The summed E-state index contributed by atoms with van der Waals surface area (Å²) in [4.78, 5) is 26.0. The zero-order valence-corrected chi connectivity index (χ0v) is 16.7. The van der Waals surface area contributed by atoms with Crippen molar-refractivity contribution >= 4 is 12.1 Å². The molecule has 3 rings (SSSR count). The van der Waals surface area contributed by atoms with Crippen molar-refractivity contribution in [1.82, 2.24) is 4.90 Å². The molecule has 1 aromatic rings. The predicted molar refractivity (Wildman–Crippen MR) is 108 cm³/mol. The Labute approximate surface area is 166 Å². The van der Waals surface area contributed by atoms with E-state index in [0.29, 0.717) is 24.2 Å². The lowest BCUT2D eigenvalue weighted by atomic mass is 9.62. The SMILES string of the molecule is CCOC(=O)/C(C)=C1\C(Cc2ccccc2)C2(C=CCCC2)CCN1C(=O)O. The van der Waals surface area contributed by atoms with Crippen molar-refractivity contribution in [2.24, 2.45) is 11.3 Å². The lowest BCUT2D eigenvalue weighted by Crippen LogP contribution is -2.49. The number of amides is 1. The lowest BCUT2D eigenvalue weighted by Gasteiger charge is -2.49. The van der Waals surface area contributed by atoms with Crippen molar-refractivity contribution in [3.8, 4) is 0 Å². The average molecular weight is 383 g/mol. The number of esters is 1. The zero-order valence-electron chi connectivity index (χ0n) is 16.7. The first kappa shape index (κ1) is 20.2. The summed E-state index contributed by atoms with van der Waals surface area (Å²) in [7, 11) is 0. The molecule has 1 saturated heterocycles. The van der Waals surface area contributed by atoms with Gasteiger partial charge in [-0.15, -0.1) is 0 Å². The van der Waals surface area contributed by atoms with Gasteiger partial charge in [0.2, 0.25) is 0 Å². The molecule has 150 valence electrons. The van der Waals surface area contributed by atoms with Crippen molar-refractivity contribution in [2.45, 2.75) is 46.0 Å². The third kappa shape index (κ3) is 3.98. The van der Waals surface area contributed by atoms with Gasteiger partial charge in [0.25, 0.3) is 0 Å². The van der Waals surface area contributed by atoms with Crippen molar-refractivity contribution in [2.75, 3.05) is 13.2 Å². The van der Waals surface area contributed by atoms with Gasteiger partial charge >= 0.3 is 12.1 Å². The zero-order chi connectivity index (χ0) is 20.1. The quantitative estimate of drug-likeness (QED) is 0.461. The molecule has 1 fully saturated rings. The van der Waals surface area contributed by atoms with Crippen LogP contribution >= 0.6 is 0 Å². The summed E-state index contributed by atoms with van der Waals surface area (Å²) in [5.74, 6) is -0.514. The average Bonchev–Trinajstić information content (AvgIpc) is 2.70. The number of hydrogen-bond donors (Lipinski definition) is 1. The number of likely N-dealkylation sites (tertiary alicyclic amines) is 1. The molecule has 1 aliphatic heterocycles. The molecule has 1 aromatic carbocycles. The predicted octanol–water partition coefficient (Wildman–Crippen LogP) is 4.79. The first-order valence-electron chi connectivity index (χ1n) is 10.1. The van der Waals surface area contributed by atoms with E-state index < -0.39 is 12.1 Å². The maximum absolute atomic E-state index is 12.6. The third-order valence-electron chi connectivity index (χ3n) is 6.06. The maximum atomic E-state index is 12.6. The fourth-order valence-electron chi connectivity index (χ4n) is 4.68. The highest BCUT2D eigenvalue weighted by atomic mass is 16.5. The number of allylic oxidation sites excluding steroid dienone is 3. The second-order valence-corrected chi connectivity index (χ2v) is 7.68. The number of piperidine rings is 1. The molecule has 1 aliphatic carbocycles. The minimum atomic E-state index is -1.01. The second kappa shape index (κ2) is 8.63. The van der Waals surface area contributed by atoms with Gasteiger partial charge in [0.05, 0.1) is 12.2 Å². The van der Waals surface area contributed by atoms with Crippen LogP contribution in [0.25, 0.3) is 0 Å². The van der Waals surface area contributed by atoms with E-state index in [-0.39, 0.29) is 17.9 Å². The Hall–Kier alpha value is -2.56. The fraction of sp³-hybridized carbons (Fsp3) is 0.478. The Morgan fingerprint density at radius 2 is 2.00 bits per heavy atom. The fourth-order valence-corrected chi connectivity index (χ4v) is 4.68. The number of benzene rings is 1.